The Morgan fingerprint density at radius 3 is 2.64 bits per heavy atom. The van der Waals surface area contributed by atoms with Crippen molar-refractivity contribution in [1.82, 2.24) is 4.98 Å². The van der Waals surface area contributed by atoms with Gasteiger partial charge in [0.05, 0.1) is 31.2 Å². The second-order valence-electron chi connectivity index (χ2n) is 5.85. The number of hydrogen-bond donors (Lipinski definition) is 1. The number of rotatable bonds is 8. The molecule has 0 saturated heterocycles. The molecule has 2 aromatic carbocycles. The molecule has 1 atom stereocenters. The fourth-order valence-corrected chi connectivity index (χ4v) is 4.45. The number of carbonyl (C=O) groups is 1. The Morgan fingerprint density at radius 1 is 1.14 bits per heavy atom. The number of carbonyl (C=O) groups excluding carboxylic acids is 1. The van der Waals surface area contributed by atoms with Crippen LogP contribution in [-0.4, -0.2) is 35.1 Å². The van der Waals surface area contributed by atoms with Gasteiger partial charge in [-0.25, -0.2) is 4.98 Å². The number of hydrogen-bond acceptors (Lipinski definition) is 6. The number of amides is 1. The summed E-state index contributed by atoms with van der Waals surface area (Å²) in [5.41, 5.74) is 2.21. The largest absolute Gasteiger partial charge is 0.497 e. The molecule has 0 saturated carbocycles. The van der Waals surface area contributed by atoms with Crippen LogP contribution in [0.4, 0.5) is 5.69 Å². The number of benzene rings is 2. The van der Waals surface area contributed by atoms with E-state index in [1.165, 1.54) is 11.3 Å². The molecule has 0 fully saturated rings. The summed E-state index contributed by atoms with van der Waals surface area (Å²) in [5.74, 6) is 1.22. The molecule has 6 nitrogen and oxygen atoms in total. The molecular weight excluding hydrogens is 396 g/mol. The lowest BCUT2D eigenvalue weighted by molar-refractivity contribution is -0.113. The molecule has 0 aliphatic heterocycles. The molecule has 1 aromatic heterocycles. The van der Waals surface area contributed by atoms with E-state index in [0.717, 1.165) is 10.6 Å². The number of methoxy groups -OCH3 is 2. The van der Waals surface area contributed by atoms with E-state index in [1.54, 1.807) is 32.4 Å². The van der Waals surface area contributed by atoms with Gasteiger partial charge in [0, 0.05) is 27.9 Å². The van der Waals surface area contributed by atoms with Gasteiger partial charge < -0.3 is 14.8 Å². The molecule has 3 aromatic rings. The Hall–Kier alpha value is -2.71. The molecule has 146 valence electrons. The summed E-state index contributed by atoms with van der Waals surface area (Å²) >= 11 is 1.44. The van der Waals surface area contributed by atoms with Gasteiger partial charge in [-0.15, -0.1) is 11.3 Å². The SMILES string of the molecule is COc1ccc(-c2nc(C[S@@](=O)CC(=O)Nc3ccccc3)cs2)c(OC)c1. The molecule has 3 rings (SSSR count). The third-order valence-corrected chi connectivity index (χ3v) is 5.98. The van der Waals surface area contributed by atoms with Gasteiger partial charge in [0.25, 0.3) is 0 Å². The lowest BCUT2D eigenvalue weighted by Crippen LogP contribution is -2.20. The van der Waals surface area contributed by atoms with Crippen molar-refractivity contribution in [3.05, 3.63) is 59.6 Å². The van der Waals surface area contributed by atoms with Crippen molar-refractivity contribution in [2.45, 2.75) is 5.75 Å². The summed E-state index contributed by atoms with van der Waals surface area (Å²) in [6.45, 7) is 0. The van der Waals surface area contributed by atoms with Crippen LogP contribution in [0, 0.1) is 0 Å². The van der Waals surface area contributed by atoms with Crippen LogP contribution in [0.15, 0.2) is 53.9 Å². The summed E-state index contributed by atoms with van der Waals surface area (Å²) in [6, 6.07) is 14.6. The van der Waals surface area contributed by atoms with Crippen molar-refractivity contribution in [3.63, 3.8) is 0 Å². The highest BCUT2D eigenvalue weighted by molar-refractivity contribution is 7.84. The van der Waals surface area contributed by atoms with Gasteiger partial charge in [-0.05, 0) is 24.3 Å². The summed E-state index contributed by atoms with van der Waals surface area (Å²) in [5, 5.41) is 5.35. The molecule has 0 spiro atoms. The predicted molar refractivity (Wildman–Crippen MR) is 112 cm³/mol. The Balaban J connectivity index is 1.63. The predicted octanol–water partition coefficient (Wildman–Crippen LogP) is 3.71. The maximum atomic E-state index is 12.3. The monoisotopic (exact) mass is 416 g/mol. The van der Waals surface area contributed by atoms with Crippen LogP contribution < -0.4 is 14.8 Å². The van der Waals surface area contributed by atoms with Crippen molar-refractivity contribution in [2.24, 2.45) is 0 Å². The lowest BCUT2D eigenvalue weighted by atomic mass is 10.2. The highest BCUT2D eigenvalue weighted by Crippen LogP contribution is 2.35. The fraction of sp³-hybridized carbons (Fsp3) is 0.200. The number of nitrogens with one attached hydrogen (secondary N) is 1. The molecular formula is C20H20N2O4S2. The molecule has 1 amide bonds. The number of nitrogens with zero attached hydrogens (tertiary/aromatic N) is 1. The normalized spacial score (nSPS) is 11.6. The molecule has 8 heteroatoms. The van der Waals surface area contributed by atoms with Crippen molar-refractivity contribution < 1.29 is 18.5 Å². The third kappa shape index (κ3) is 5.17. The maximum absolute atomic E-state index is 12.3. The topological polar surface area (TPSA) is 77.5 Å². The van der Waals surface area contributed by atoms with Crippen LogP contribution in [0.1, 0.15) is 5.69 Å². The number of anilines is 1. The van der Waals surface area contributed by atoms with Gasteiger partial charge in [0.15, 0.2) is 0 Å². The van der Waals surface area contributed by atoms with E-state index in [0.29, 0.717) is 22.9 Å². The first-order valence-electron chi connectivity index (χ1n) is 8.45. The summed E-state index contributed by atoms with van der Waals surface area (Å²) in [6.07, 6.45) is 0. The molecule has 28 heavy (non-hydrogen) atoms. The van der Waals surface area contributed by atoms with Crippen molar-refractivity contribution in [1.29, 1.82) is 0 Å². The second-order valence-corrected chi connectivity index (χ2v) is 8.17. The molecule has 0 radical (unpaired) electrons. The van der Waals surface area contributed by atoms with E-state index in [4.69, 9.17) is 9.47 Å². The summed E-state index contributed by atoms with van der Waals surface area (Å²) < 4.78 is 23.0. The highest BCUT2D eigenvalue weighted by Gasteiger charge is 2.14. The van der Waals surface area contributed by atoms with Crippen LogP contribution in [0.2, 0.25) is 0 Å². The first-order valence-corrected chi connectivity index (χ1v) is 10.8. The van der Waals surface area contributed by atoms with Crippen LogP contribution in [0.25, 0.3) is 10.6 Å². The Bertz CT molecular complexity index is 973. The first kappa shape index (κ1) is 20.0. The smallest absolute Gasteiger partial charge is 0.237 e. The van der Waals surface area contributed by atoms with Gasteiger partial charge >= 0.3 is 0 Å². The minimum absolute atomic E-state index is 0.0758. The number of aromatic nitrogens is 1. The van der Waals surface area contributed by atoms with E-state index in [2.05, 4.69) is 10.3 Å². The van der Waals surface area contributed by atoms with E-state index in [-0.39, 0.29) is 17.4 Å². The summed E-state index contributed by atoms with van der Waals surface area (Å²) in [7, 11) is 1.84. The zero-order valence-corrected chi connectivity index (χ0v) is 17.1. The van der Waals surface area contributed by atoms with Crippen LogP contribution >= 0.6 is 11.3 Å². The van der Waals surface area contributed by atoms with Crippen LogP contribution in [0.5, 0.6) is 11.5 Å². The zero-order valence-electron chi connectivity index (χ0n) is 15.5. The molecule has 0 aliphatic carbocycles. The first-order chi connectivity index (χ1) is 13.6. The molecule has 0 bridgehead atoms. The zero-order chi connectivity index (χ0) is 19.9. The number of thiazole rings is 1. The van der Waals surface area contributed by atoms with E-state index >= 15 is 0 Å². The summed E-state index contributed by atoms with van der Waals surface area (Å²) in [4.78, 5) is 16.6. The third-order valence-electron chi connectivity index (χ3n) is 3.85. The van der Waals surface area contributed by atoms with Gasteiger partial charge in [-0.3, -0.25) is 9.00 Å². The quantitative estimate of drug-likeness (QED) is 0.606. The Morgan fingerprint density at radius 2 is 1.93 bits per heavy atom. The average Bonchev–Trinajstić information content (AvgIpc) is 3.16. The minimum Gasteiger partial charge on any atom is -0.497 e. The van der Waals surface area contributed by atoms with Crippen molar-refractivity contribution in [3.8, 4) is 22.1 Å². The van der Waals surface area contributed by atoms with Gasteiger partial charge in [-0.2, -0.15) is 0 Å². The van der Waals surface area contributed by atoms with Crippen molar-refractivity contribution in [2.75, 3.05) is 25.3 Å². The van der Waals surface area contributed by atoms with Gasteiger partial charge in [0.2, 0.25) is 5.91 Å². The fourth-order valence-electron chi connectivity index (χ4n) is 2.55. The minimum atomic E-state index is -1.35. The number of para-hydroxylation sites is 1. The van der Waals surface area contributed by atoms with Gasteiger partial charge in [0.1, 0.15) is 22.3 Å². The Kier molecular flexibility index (Phi) is 6.78. The standard InChI is InChI=1S/C20H20N2O4S2/c1-25-16-8-9-17(18(10-16)26-2)20-22-15(11-27-20)12-28(24)13-19(23)21-14-6-4-3-5-7-14/h3-11H,12-13H2,1-2H3,(H,21,23)/t28-/m1/s1. The maximum Gasteiger partial charge on any atom is 0.237 e. The second kappa shape index (κ2) is 9.48. The molecule has 1 N–H and O–H groups in total. The van der Waals surface area contributed by atoms with Crippen molar-refractivity contribution >= 4 is 33.7 Å². The number of ether oxygens (including phenoxy) is 2. The molecule has 0 aliphatic rings. The molecule has 0 unspecified atom stereocenters. The van der Waals surface area contributed by atoms with Gasteiger partial charge in [-0.1, -0.05) is 18.2 Å². The lowest BCUT2D eigenvalue weighted by Gasteiger charge is -2.08. The van der Waals surface area contributed by atoms with E-state index in [1.807, 2.05) is 35.7 Å². The highest BCUT2D eigenvalue weighted by atomic mass is 32.2. The van der Waals surface area contributed by atoms with Crippen LogP contribution in [-0.2, 0) is 21.3 Å². The van der Waals surface area contributed by atoms with E-state index < -0.39 is 10.8 Å². The average molecular weight is 417 g/mol. The van der Waals surface area contributed by atoms with Crippen LogP contribution in [0.3, 0.4) is 0 Å². The van der Waals surface area contributed by atoms with E-state index in [9.17, 15) is 9.00 Å². The Labute approximate surface area is 170 Å². The molecule has 1 heterocycles.